The number of nitrogens with two attached hydrogens (primary N) is 1. The van der Waals surface area contributed by atoms with E-state index in [9.17, 15) is 0 Å². The second kappa shape index (κ2) is 3.52. The van der Waals surface area contributed by atoms with Crippen molar-refractivity contribution < 1.29 is 0 Å². The molecule has 0 unspecified atom stereocenters. The predicted octanol–water partition coefficient (Wildman–Crippen LogP) is 3.02. The van der Waals surface area contributed by atoms with E-state index < -0.39 is 0 Å². The number of aromatic amines is 1. The van der Waals surface area contributed by atoms with Crippen LogP contribution in [0.25, 0.3) is 0 Å². The lowest BCUT2D eigenvalue weighted by molar-refractivity contribution is -0.00758. The second-order valence-corrected chi connectivity index (χ2v) is 7.01. The quantitative estimate of drug-likeness (QED) is 0.841. The fourth-order valence-electron chi connectivity index (χ4n) is 5.59. The number of nitrogens with one attached hydrogen (secondary N) is 1. The predicted molar refractivity (Wildman–Crippen MR) is 72.2 cm³/mol. The first kappa shape index (κ1) is 10.9. The molecular weight excluding hydrogens is 222 g/mol. The van der Waals surface area contributed by atoms with Gasteiger partial charge >= 0.3 is 0 Å². The molecule has 5 rings (SSSR count). The van der Waals surface area contributed by atoms with E-state index in [1.165, 1.54) is 49.8 Å². The second-order valence-electron chi connectivity index (χ2n) is 7.01. The summed E-state index contributed by atoms with van der Waals surface area (Å²) in [5, 5.41) is 7.60. The summed E-state index contributed by atoms with van der Waals surface area (Å²) >= 11 is 0. The molecule has 98 valence electrons. The molecule has 18 heavy (non-hydrogen) atoms. The number of hydrogen-bond acceptors (Lipinski definition) is 2. The Balaban J connectivity index is 1.79. The topological polar surface area (TPSA) is 54.7 Å². The highest BCUT2D eigenvalue weighted by atomic mass is 15.2. The smallest absolute Gasteiger partial charge is 0.148 e. The number of aromatic nitrogens is 2. The molecule has 1 heterocycles. The van der Waals surface area contributed by atoms with Crippen LogP contribution in [-0.4, -0.2) is 10.2 Å². The highest BCUT2D eigenvalue weighted by molar-refractivity contribution is 5.46. The van der Waals surface area contributed by atoms with E-state index >= 15 is 0 Å². The maximum atomic E-state index is 6.03. The number of H-pyrrole nitrogens is 1. The molecule has 4 saturated carbocycles. The molecule has 0 aliphatic heterocycles. The van der Waals surface area contributed by atoms with Crippen LogP contribution in [0.3, 0.4) is 0 Å². The Morgan fingerprint density at radius 1 is 1.17 bits per heavy atom. The van der Waals surface area contributed by atoms with Crippen molar-refractivity contribution in [2.45, 2.75) is 57.3 Å². The standard InChI is InChI=1S/C15H23N3/c1-2-12-13(17-18-14(12)16)15-6-9-3-10(7-15)5-11(4-9)8-15/h9-11H,2-8H2,1H3,(H3,16,17,18). The summed E-state index contributed by atoms with van der Waals surface area (Å²) in [6.07, 6.45) is 9.63. The molecule has 0 spiro atoms. The van der Waals surface area contributed by atoms with Gasteiger partial charge in [0.25, 0.3) is 0 Å². The molecule has 4 aliphatic carbocycles. The van der Waals surface area contributed by atoms with Crippen LogP contribution in [0, 0.1) is 17.8 Å². The van der Waals surface area contributed by atoms with Crippen molar-refractivity contribution in [2.75, 3.05) is 5.73 Å². The summed E-state index contributed by atoms with van der Waals surface area (Å²) in [5.41, 5.74) is 9.14. The van der Waals surface area contributed by atoms with Crippen LogP contribution in [0.5, 0.6) is 0 Å². The highest BCUT2D eigenvalue weighted by Crippen LogP contribution is 2.61. The van der Waals surface area contributed by atoms with Crippen molar-refractivity contribution in [1.82, 2.24) is 10.2 Å². The lowest BCUT2D eigenvalue weighted by Crippen LogP contribution is -2.49. The van der Waals surface area contributed by atoms with Crippen molar-refractivity contribution >= 4 is 5.82 Å². The normalized spacial score (nSPS) is 41.5. The number of anilines is 1. The molecule has 1 aromatic rings. The molecule has 3 N–H and O–H groups in total. The minimum absolute atomic E-state index is 0.407. The number of rotatable bonds is 2. The van der Waals surface area contributed by atoms with Crippen molar-refractivity contribution in [2.24, 2.45) is 17.8 Å². The monoisotopic (exact) mass is 245 g/mol. The number of hydrogen-bond donors (Lipinski definition) is 2. The minimum Gasteiger partial charge on any atom is -0.382 e. The average Bonchev–Trinajstić information content (AvgIpc) is 2.69. The van der Waals surface area contributed by atoms with Gasteiger partial charge in [0.1, 0.15) is 5.82 Å². The van der Waals surface area contributed by atoms with Gasteiger partial charge in [-0.25, -0.2) is 0 Å². The lowest BCUT2D eigenvalue weighted by atomic mass is 9.48. The molecule has 4 fully saturated rings. The van der Waals surface area contributed by atoms with E-state index in [1.807, 2.05) is 0 Å². The lowest BCUT2D eigenvalue weighted by Gasteiger charge is -2.56. The van der Waals surface area contributed by atoms with Gasteiger partial charge in [0.05, 0.1) is 0 Å². The first-order valence-electron chi connectivity index (χ1n) is 7.53. The van der Waals surface area contributed by atoms with E-state index in [1.54, 1.807) is 0 Å². The third kappa shape index (κ3) is 1.33. The zero-order valence-corrected chi connectivity index (χ0v) is 11.2. The zero-order valence-electron chi connectivity index (χ0n) is 11.2. The molecule has 4 bridgehead atoms. The van der Waals surface area contributed by atoms with Gasteiger partial charge in [0, 0.05) is 16.7 Å². The molecule has 0 atom stereocenters. The Hall–Kier alpha value is -0.990. The number of nitrogens with zero attached hydrogens (tertiary/aromatic N) is 1. The fourth-order valence-corrected chi connectivity index (χ4v) is 5.59. The van der Waals surface area contributed by atoms with Gasteiger partial charge in [-0.2, -0.15) is 5.10 Å². The van der Waals surface area contributed by atoms with Gasteiger partial charge in [-0.3, -0.25) is 5.10 Å². The van der Waals surface area contributed by atoms with Crippen molar-refractivity contribution in [3.8, 4) is 0 Å². The van der Waals surface area contributed by atoms with Crippen molar-refractivity contribution in [3.63, 3.8) is 0 Å². The van der Waals surface area contributed by atoms with Crippen LogP contribution >= 0.6 is 0 Å². The Morgan fingerprint density at radius 3 is 2.22 bits per heavy atom. The van der Waals surface area contributed by atoms with Gasteiger partial charge < -0.3 is 5.73 Å². The summed E-state index contributed by atoms with van der Waals surface area (Å²) in [5.74, 6) is 3.67. The van der Waals surface area contributed by atoms with E-state index in [0.29, 0.717) is 5.41 Å². The molecule has 1 aromatic heterocycles. The molecule has 0 saturated heterocycles. The summed E-state index contributed by atoms with van der Waals surface area (Å²) < 4.78 is 0. The molecule has 0 aromatic carbocycles. The van der Waals surface area contributed by atoms with Crippen LogP contribution < -0.4 is 5.73 Å². The van der Waals surface area contributed by atoms with Gasteiger partial charge in [-0.1, -0.05) is 6.92 Å². The van der Waals surface area contributed by atoms with Crippen LogP contribution in [0.1, 0.15) is 56.7 Å². The van der Waals surface area contributed by atoms with E-state index in [2.05, 4.69) is 17.1 Å². The van der Waals surface area contributed by atoms with Crippen LogP contribution in [0.2, 0.25) is 0 Å². The molecule has 4 aliphatic rings. The summed E-state index contributed by atoms with van der Waals surface area (Å²) in [6, 6.07) is 0. The number of nitrogen functional groups attached to an aromatic ring is 1. The van der Waals surface area contributed by atoms with E-state index in [0.717, 1.165) is 30.0 Å². The SMILES string of the molecule is CCc1c(N)n[nH]c1C12CC3CC(CC(C3)C1)C2. The first-order chi connectivity index (χ1) is 8.70. The molecule has 3 heteroatoms. The third-order valence-electron chi connectivity index (χ3n) is 5.82. The summed E-state index contributed by atoms with van der Waals surface area (Å²) in [6.45, 7) is 2.20. The first-order valence-corrected chi connectivity index (χ1v) is 7.53. The minimum atomic E-state index is 0.407. The van der Waals surface area contributed by atoms with Crippen molar-refractivity contribution in [3.05, 3.63) is 11.3 Å². The highest BCUT2D eigenvalue weighted by Gasteiger charge is 2.53. The molecule has 0 amide bonds. The fraction of sp³-hybridized carbons (Fsp3) is 0.800. The van der Waals surface area contributed by atoms with Crippen LogP contribution in [0.4, 0.5) is 5.82 Å². The van der Waals surface area contributed by atoms with Gasteiger partial charge in [-0.15, -0.1) is 0 Å². The van der Waals surface area contributed by atoms with E-state index in [4.69, 9.17) is 5.73 Å². The Labute approximate surface area is 109 Å². The zero-order chi connectivity index (χ0) is 12.3. The Morgan fingerprint density at radius 2 is 1.72 bits per heavy atom. The van der Waals surface area contributed by atoms with Gasteiger partial charge in [0.2, 0.25) is 0 Å². The van der Waals surface area contributed by atoms with Crippen molar-refractivity contribution in [1.29, 1.82) is 0 Å². The summed E-state index contributed by atoms with van der Waals surface area (Å²) in [4.78, 5) is 0. The Kier molecular flexibility index (Phi) is 2.13. The maximum Gasteiger partial charge on any atom is 0.148 e. The Bertz CT molecular complexity index is 439. The molecule has 3 nitrogen and oxygen atoms in total. The maximum absolute atomic E-state index is 6.03. The third-order valence-corrected chi connectivity index (χ3v) is 5.82. The van der Waals surface area contributed by atoms with Crippen LogP contribution in [0.15, 0.2) is 0 Å². The average molecular weight is 245 g/mol. The van der Waals surface area contributed by atoms with E-state index in [-0.39, 0.29) is 0 Å². The largest absolute Gasteiger partial charge is 0.382 e. The van der Waals surface area contributed by atoms with Crippen LogP contribution in [-0.2, 0) is 11.8 Å². The summed E-state index contributed by atoms with van der Waals surface area (Å²) in [7, 11) is 0. The van der Waals surface area contributed by atoms with Gasteiger partial charge in [-0.05, 0) is 62.7 Å². The van der Waals surface area contributed by atoms with Gasteiger partial charge in [0.15, 0.2) is 0 Å². The molecule has 0 radical (unpaired) electrons. The molecular formula is C15H23N3.